The third kappa shape index (κ3) is 5.34. The molecule has 0 aliphatic heterocycles. The molecule has 0 aromatic rings. The number of aliphatic hydroxyl groups excluding tert-OH is 1. The minimum atomic E-state index is -0.0629. The van der Waals surface area contributed by atoms with Gasteiger partial charge in [-0.1, -0.05) is 40.5 Å². The smallest absolute Gasteiger partial charge is 0.0616 e. The first-order chi connectivity index (χ1) is 9.54. The van der Waals surface area contributed by atoms with Crippen molar-refractivity contribution in [2.75, 3.05) is 19.8 Å². The zero-order valence-electron chi connectivity index (χ0n) is 14.0. The molecule has 3 atom stereocenters. The Hall–Kier alpha value is -0.120. The van der Waals surface area contributed by atoms with Crippen molar-refractivity contribution in [1.82, 2.24) is 5.32 Å². The molecule has 2 N–H and O–H groups in total. The number of hydrogen-bond acceptors (Lipinski definition) is 3. The summed E-state index contributed by atoms with van der Waals surface area (Å²) in [7, 11) is 0. The molecule has 1 fully saturated rings. The molecule has 1 aliphatic carbocycles. The Labute approximate surface area is 125 Å². The van der Waals surface area contributed by atoms with Gasteiger partial charge in [-0.25, -0.2) is 0 Å². The van der Waals surface area contributed by atoms with E-state index in [1.54, 1.807) is 0 Å². The highest BCUT2D eigenvalue weighted by Crippen LogP contribution is 2.38. The van der Waals surface area contributed by atoms with Crippen LogP contribution < -0.4 is 5.32 Å². The molecule has 0 saturated heterocycles. The standard InChI is InChI=1S/C17H35NO2/c1-5-7-15(4)12-20-11-9-16-8-6-10-17(16,13-19)18-14(2)3/h14-16,18-19H,5-13H2,1-4H3. The molecule has 0 aromatic carbocycles. The molecule has 0 amide bonds. The van der Waals surface area contributed by atoms with E-state index in [1.807, 2.05) is 0 Å². The highest BCUT2D eigenvalue weighted by Gasteiger charge is 2.42. The van der Waals surface area contributed by atoms with E-state index in [1.165, 1.54) is 25.7 Å². The number of rotatable bonds is 10. The SMILES string of the molecule is CCCC(C)COCCC1CCCC1(CO)NC(C)C. The van der Waals surface area contributed by atoms with Crippen molar-refractivity contribution < 1.29 is 9.84 Å². The monoisotopic (exact) mass is 285 g/mol. The van der Waals surface area contributed by atoms with Crippen LogP contribution >= 0.6 is 0 Å². The topological polar surface area (TPSA) is 41.5 Å². The van der Waals surface area contributed by atoms with Gasteiger partial charge in [-0.2, -0.15) is 0 Å². The summed E-state index contributed by atoms with van der Waals surface area (Å²) >= 11 is 0. The summed E-state index contributed by atoms with van der Waals surface area (Å²) in [6, 6.07) is 0.424. The summed E-state index contributed by atoms with van der Waals surface area (Å²) in [6.07, 6.45) is 7.08. The molecule has 1 saturated carbocycles. The van der Waals surface area contributed by atoms with Gasteiger partial charge in [0.2, 0.25) is 0 Å². The summed E-state index contributed by atoms with van der Waals surface area (Å²) < 4.78 is 5.84. The summed E-state index contributed by atoms with van der Waals surface area (Å²) in [4.78, 5) is 0. The van der Waals surface area contributed by atoms with Gasteiger partial charge in [-0.15, -0.1) is 0 Å². The first-order valence-corrected chi connectivity index (χ1v) is 8.50. The molecule has 0 heterocycles. The van der Waals surface area contributed by atoms with Crippen molar-refractivity contribution in [1.29, 1.82) is 0 Å². The predicted molar refractivity (Wildman–Crippen MR) is 84.9 cm³/mol. The average molecular weight is 285 g/mol. The largest absolute Gasteiger partial charge is 0.394 e. The molecule has 0 bridgehead atoms. The van der Waals surface area contributed by atoms with Gasteiger partial charge in [0, 0.05) is 24.8 Å². The van der Waals surface area contributed by atoms with Crippen molar-refractivity contribution in [2.45, 2.75) is 77.8 Å². The van der Waals surface area contributed by atoms with E-state index < -0.39 is 0 Å². The average Bonchev–Trinajstić information content (AvgIpc) is 2.77. The maximum absolute atomic E-state index is 9.85. The van der Waals surface area contributed by atoms with Crippen LogP contribution in [0.1, 0.15) is 66.2 Å². The second-order valence-corrected chi connectivity index (χ2v) is 6.96. The minimum absolute atomic E-state index is 0.0629. The lowest BCUT2D eigenvalue weighted by molar-refractivity contribution is 0.0615. The number of hydrogen-bond donors (Lipinski definition) is 2. The van der Waals surface area contributed by atoms with E-state index in [9.17, 15) is 5.11 Å². The van der Waals surface area contributed by atoms with E-state index in [0.717, 1.165) is 26.1 Å². The summed E-state index contributed by atoms with van der Waals surface area (Å²) in [6.45, 7) is 10.8. The van der Waals surface area contributed by atoms with E-state index in [0.29, 0.717) is 17.9 Å². The molecule has 3 heteroatoms. The third-order valence-corrected chi connectivity index (χ3v) is 4.61. The Morgan fingerprint density at radius 3 is 2.70 bits per heavy atom. The van der Waals surface area contributed by atoms with Gasteiger partial charge in [-0.05, 0) is 37.5 Å². The molecule has 20 heavy (non-hydrogen) atoms. The fourth-order valence-electron chi connectivity index (χ4n) is 3.67. The number of aliphatic hydroxyl groups is 1. The fraction of sp³-hybridized carbons (Fsp3) is 1.00. The van der Waals surface area contributed by atoms with Crippen LogP contribution in [0.2, 0.25) is 0 Å². The second-order valence-electron chi connectivity index (χ2n) is 6.96. The van der Waals surface area contributed by atoms with Gasteiger partial charge in [0.25, 0.3) is 0 Å². The van der Waals surface area contributed by atoms with E-state index in [2.05, 4.69) is 33.0 Å². The lowest BCUT2D eigenvalue weighted by Crippen LogP contribution is -2.54. The van der Waals surface area contributed by atoms with Crippen LogP contribution in [0.4, 0.5) is 0 Å². The number of ether oxygens (including phenoxy) is 1. The predicted octanol–water partition coefficient (Wildman–Crippen LogP) is 3.36. The van der Waals surface area contributed by atoms with E-state index >= 15 is 0 Å². The Bertz CT molecular complexity index is 257. The highest BCUT2D eigenvalue weighted by molar-refractivity contribution is 4.99. The van der Waals surface area contributed by atoms with Crippen molar-refractivity contribution in [3.63, 3.8) is 0 Å². The Balaban J connectivity index is 2.34. The molecule has 120 valence electrons. The number of nitrogens with one attached hydrogen (secondary N) is 1. The minimum Gasteiger partial charge on any atom is -0.394 e. The summed E-state index contributed by atoms with van der Waals surface area (Å²) in [5.74, 6) is 1.22. The summed E-state index contributed by atoms with van der Waals surface area (Å²) in [5, 5.41) is 13.5. The lowest BCUT2D eigenvalue weighted by atomic mass is 9.85. The molecule has 1 aliphatic rings. The summed E-state index contributed by atoms with van der Waals surface area (Å²) in [5.41, 5.74) is -0.0629. The molecule has 1 rings (SSSR count). The van der Waals surface area contributed by atoms with Gasteiger partial charge in [0.1, 0.15) is 0 Å². The van der Waals surface area contributed by atoms with E-state index in [-0.39, 0.29) is 12.1 Å². The molecule has 0 aromatic heterocycles. The molecule has 3 nitrogen and oxygen atoms in total. The van der Waals surface area contributed by atoms with Crippen LogP contribution in [0.5, 0.6) is 0 Å². The maximum Gasteiger partial charge on any atom is 0.0616 e. The zero-order valence-corrected chi connectivity index (χ0v) is 14.0. The molecule has 0 spiro atoms. The second kappa shape index (κ2) is 9.01. The van der Waals surface area contributed by atoms with Crippen LogP contribution in [0.15, 0.2) is 0 Å². The zero-order chi connectivity index (χ0) is 15.0. The quantitative estimate of drug-likeness (QED) is 0.605. The molecular formula is C17H35NO2. The molecular weight excluding hydrogens is 250 g/mol. The lowest BCUT2D eigenvalue weighted by Gasteiger charge is -2.37. The van der Waals surface area contributed by atoms with E-state index in [4.69, 9.17) is 4.74 Å². The maximum atomic E-state index is 9.85. The fourth-order valence-corrected chi connectivity index (χ4v) is 3.67. The van der Waals surface area contributed by atoms with Gasteiger partial charge in [0.05, 0.1) is 6.61 Å². The van der Waals surface area contributed by atoms with Crippen LogP contribution in [0, 0.1) is 11.8 Å². The Morgan fingerprint density at radius 1 is 1.35 bits per heavy atom. The van der Waals surface area contributed by atoms with Gasteiger partial charge < -0.3 is 15.2 Å². The molecule has 0 radical (unpaired) electrons. The van der Waals surface area contributed by atoms with Crippen molar-refractivity contribution in [3.8, 4) is 0 Å². The normalized spacial score (nSPS) is 28.2. The van der Waals surface area contributed by atoms with Gasteiger partial charge in [-0.3, -0.25) is 0 Å². The Kier molecular flexibility index (Phi) is 8.08. The van der Waals surface area contributed by atoms with Crippen molar-refractivity contribution >= 4 is 0 Å². The van der Waals surface area contributed by atoms with Crippen molar-refractivity contribution in [2.24, 2.45) is 11.8 Å². The van der Waals surface area contributed by atoms with Crippen LogP contribution in [-0.4, -0.2) is 36.5 Å². The van der Waals surface area contributed by atoms with Crippen LogP contribution in [-0.2, 0) is 4.74 Å². The van der Waals surface area contributed by atoms with Crippen LogP contribution in [0.25, 0.3) is 0 Å². The first-order valence-electron chi connectivity index (χ1n) is 8.50. The van der Waals surface area contributed by atoms with Gasteiger partial charge >= 0.3 is 0 Å². The van der Waals surface area contributed by atoms with Crippen LogP contribution in [0.3, 0.4) is 0 Å². The molecule has 3 unspecified atom stereocenters. The third-order valence-electron chi connectivity index (χ3n) is 4.61. The first kappa shape index (κ1) is 17.9. The highest BCUT2D eigenvalue weighted by atomic mass is 16.5. The Morgan fingerprint density at radius 2 is 2.10 bits per heavy atom. The van der Waals surface area contributed by atoms with Gasteiger partial charge in [0.15, 0.2) is 0 Å². The van der Waals surface area contributed by atoms with Crippen molar-refractivity contribution in [3.05, 3.63) is 0 Å².